The lowest BCUT2D eigenvalue weighted by Gasteiger charge is -2.00. The molecule has 2 rings (SSSR count). The first-order valence-corrected chi connectivity index (χ1v) is 6.21. The van der Waals surface area contributed by atoms with Crippen LogP contribution in [0.4, 0.5) is 0 Å². The van der Waals surface area contributed by atoms with Crippen molar-refractivity contribution in [2.45, 2.75) is 6.54 Å². The summed E-state index contributed by atoms with van der Waals surface area (Å²) in [7, 11) is 0. The molecule has 0 fully saturated rings. The molecule has 18 heavy (non-hydrogen) atoms. The van der Waals surface area contributed by atoms with Crippen molar-refractivity contribution in [2.24, 2.45) is 5.73 Å². The zero-order valence-corrected chi connectivity index (χ0v) is 10.4. The van der Waals surface area contributed by atoms with Crippen LogP contribution in [0.2, 0.25) is 0 Å². The van der Waals surface area contributed by atoms with Gasteiger partial charge in [-0.25, -0.2) is 0 Å². The van der Waals surface area contributed by atoms with Crippen LogP contribution in [0.15, 0.2) is 23.8 Å². The Balaban J connectivity index is 1.90. The standard InChI is InChI=1S/C12H12N4OS/c13-3-1-2-9-4-11(18-8-9)7-14-12(17)10-5-15-16-6-10/h4-6,8H,3,7,13H2,(H,14,17)(H,15,16). The summed E-state index contributed by atoms with van der Waals surface area (Å²) < 4.78 is 0. The van der Waals surface area contributed by atoms with Crippen LogP contribution in [-0.4, -0.2) is 22.6 Å². The molecule has 2 aromatic rings. The van der Waals surface area contributed by atoms with Crippen molar-refractivity contribution in [1.82, 2.24) is 15.5 Å². The van der Waals surface area contributed by atoms with Crippen LogP contribution in [0.25, 0.3) is 0 Å². The second-order valence-electron chi connectivity index (χ2n) is 3.48. The van der Waals surface area contributed by atoms with Gasteiger partial charge in [0, 0.05) is 22.0 Å². The van der Waals surface area contributed by atoms with Gasteiger partial charge in [0.25, 0.3) is 5.91 Å². The van der Waals surface area contributed by atoms with Crippen LogP contribution < -0.4 is 11.1 Å². The Kier molecular flexibility index (Phi) is 4.12. The maximum atomic E-state index is 11.6. The van der Waals surface area contributed by atoms with Gasteiger partial charge < -0.3 is 11.1 Å². The molecular weight excluding hydrogens is 248 g/mol. The van der Waals surface area contributed by atoms with E-state index in [0.717, 1.165) is 10.4 Å². The molecular formula is C12H12N4OS. The van der Waals surface area contributed by atoms with Crippen LogP contribution in [-0.2, 0) is 6.54 Å². The van der Waals surface area contributed by atoms with Gasteiger partial charge in [0.15, 0.2) is 0 Å². The van der Waals surface area contributed by atoms with E-state index in [4.69, 9.17) is 5.73 Å². The molecule has 0 unspecified atom stereocenters. The summed E-state index contributed by atoms with van der Waals surface area (Å²) in [6.45, 7) is 0.835. The van der Waals surface area contributed by atoms with Crippen molar-refractivity contribution in [3.63, 3.8) is 0 Å². The third-order valence-electron chi connectivity index (χ3n) is 2.17. The molecule has 0 aromatic carbocycles. The first-order valence-electron chi connectivity index (χ1n) is 5.33. The van der Waals surface area contributed by atoms with Gasteiger partial charge in [-0.05, 0) is 6.07 Å². The summed E-state index contributed by atoms with van der Waals surface area (Å²) in [5, 5.41) is 11.1. The topological polar surface area (TPSA) is 83.8 Å². The Labute approximate surface area is 108 Å². The zero-order chi connectivity index (χ0) is 12.8. The molecule has 0 bridgehead atoms. The minimum Gasteiger partial charge on any atom is -0.347 e. The lowest BCUT2D eigenvalue weighted by atomic mass is 10.3. The van der Waals surface area contributed by atoms with Crippen molar-refractivity contribution in [3.05, 3.63) is 39.8 Å². The number of hydrogen-bond acceptors (Lipinski definition) is 4. The fourth-order valence-corrected chi connectivity index (χ4v) is 2.09. The van der Waals surface area contributed by atoms with Crippen LogP contribution in [0, 0.1) is 11.8 Å². The molecule has 92 valence electrons. The van der Waals surface area contributed by atoms with Crippen molar-refractivity contribution < 1.29 is 4.79 Å². The van der Waals surface area contributed by atoms with Gasteiger partial charge in [0.1, 0.15) is 0 Å². The average Bonchev–Trinajstić information content (AvgIpc) is 3.04. The highest BCUT2D eigenvalue weighted by atomic mass is 32.1. The van der Waals surface area contributed by atoms with E-state index in [9.17, 15) is 4.79 Å². The molecule has 2 heterocycles. The number of rotatable bonds is 3. The van der Waals surface area contributed by atoms with Gasteiger partial charge >= 0.3 is 0 Å². The Bertz CT molecular complexity index is 577. The highest BCUT2D eigenvalue weighted by Gasteiger charge is 2.06. The Morgan fingerprint density at radius 3 is 3.22 bits per heavy atom. The van der Waals surface area contributed by atoms with Crippen molar-refractivity contribution in [1.29, 1.82) is 0 Å². The number of nitrogens with one attached hydrogen (secondary N) is 2. The Hall–Kier alpha value is -2.10. The minimum atomic E-state index is -0.147. The molecule has 0 aliphatic carbocycles. The predicted molar refractivity (Wildman–Crippen MR) is 70.0 cm³/mol. The largest absolute Gasteiger partial charge is 0.347 e. The smallest absolute Gasteiger partial charge is 0.254 e. The highest BCUT2D eigenvalue weighted by Crippen LogP contribution is 2.13. The van der Waals surface area contributed by atoms with E-state index >= 15 is 0 Å². The number of nitrogens with two attached hydrogens (primary N) is 1. The zero-order valence-electron chi connectivity index (χ0n) is 9.56. The van der Waals surface area contributed by atoms with E-state index in [-0.39, 0.29) is 5.91 Å². The van der Waals surface area contributed by atoms with E-state index in [1.807, 2.05) is 11.4 Å². The van der Waals surface area contributed by atoms with E-state index in [0.29, 0.717) is 18.7 Å². The summed E-state index contributed by atoms with van der Waals surface area (Å²) in [6, 6.07) is 1.95. The number of carbonyl (C=O) groups is 1. The first-order chi connectivity index (χ1) is 8.79. The van der Waals surface area contributed by atoms with Crippen LogP contribution in [0.1, 0.15) is 20.8 Å². The molecule has 0 radical (unpaired) electrons. The average molecular weight is 260 g/mol. The summed E-state index contributed by atoms with van der Waals surface area (Å²) in [4.78, 5) is 12.7. The normalized spacial score (nSPS) is 9.61. The monoisotopic (exact) mass is 260 g/mol. The Morgan fingerprint density at radius 2 is 2.50 bits per heavy atom. The number of hydrogen-bond donors (Lipinski definition) is 3. The second kappa shape index (κ2) is 6.00. The molecule has 0 aliphatic heterocycles. The number of aromatic amines is 1. The van der Waals surface area contributed by atoms with Crippen molar-refractivity contribution in [3.8, 4) is 11.8 Å². The summed E-state index contributed by atoms with van der Waals surface area (Å²) in [5.41, 5.74) is 6.75. The summed E-state index contributed by atoms with van der Waals surface area (Å²) in [5.74, 6) is 5.59. The second-order valence-corrected chi connectivity index (χ2v) is 4.47. The van der Waals surface area contributed by atoms with Gasteiger partial charge in [0.2, 0.25) is 0 Å². The maximum absolute atomic E-state index is 11.6. The third kappa shape index (κ3) is 3.20. The molecule has 0 spiro atoms. The number of carbonyl (C=O) groups excluding carboxylic acids is 1. The molecule has 5 nitrogen and oxygen atoms in total. The van der Waals surface area contributed by atoms with Crippen molar-refractivity contribution >= 4 is 17.2 Å². The number of H-pyrrole nitrogens is 1. The molecule has 2 aromatic heterocycles. The SMILES string of the molecule is NCC#Cc1csc(CNC(=O)c2cn[nH]c2)c1. The fraction of sp³-hybridized carbons (Fsp3) is 0.167. The summed E-state index contributed by atoms with van der Waals surface area (Å²) in [6.07, 6.45) is 3.05. The van der Waals surface area contributed by atoms with Crippen LogP contribution in [0.5, 0.6) is 0 Å². The Morgan fingerprint density at radius 1 is 1.61 bits per heavy atom. The van der Waals surface area contributed by atoms with Crippen molar-refractivity contribution in [2.75, 3.05) is 6.54 Å². The summed E-state index contributed by atoms with van der Waals surface area (Å²) >= 11 is 1.56. The minimum absolute atomic E-state index is 0.147. The van der Waals surface area contributed by atoms with Crippen LogP contribution >= 0.6 is 11.3 Å². The highest BCUT2D eigenvalue weighted by molar-refractivity contribution is 7.10. The quantitative estimate of drug-likeness (QED) is 0.711. The van der Waals surface area contributed by atoms with E-state index in [2.05, 4.69) is 27.4 Å². The molecule has 0 atom stereocenters. The first kappa shape index (κ1) is 12.4. The lowest BCUT2D eigenvalue weighted by molar-refractivity contribution is 0.0951. The molecule has 0 saturated carbocycles. The molecule has 0 saturated heterocycles. The van der Waals surface area contributed by atoms with E-state index in [1.54, 1.807) is 17.5 Å². The third-order valence-corrected chi connectivity index (χ3v) is 3.11. The van der Waals surface area contributed by atoms with E-state index in [1.165, 1.54) is 6.20 Å². The van der Waals surface area contributed by atoms with Gasteiger partial charge in [-0.15, -0.1) is 11.3 Å². The molecule has 0 aliphatic rings. The molecule has 1 amide bonds. The maximum Gasteiger partial charge on any atom is 0.254 e. The van der Waals surface area contributed by atoms with E-state index < -0.39 is 0 Å². The number of amides is 1. The number of aromatic nitrogens is 2. The number of nitrogens with zero attached hydrogens (tertiary/aromatic N) is 1. The van der Waals surface area contributed by atoms with Gasteiger partial charge in [-0.1, -0.05) is 11.8 Å². The van der Waals surface area contributed by atoms with Gasteiger partial charge in [-0.2, -0.15) is 5.10 Å². The number of thiophene rings is 1. The molecule has 6 heteroatoms. The molecule has 4 N–H and O–H groups in total. The van der Waals surface area contributed by atoms with Gasteiger partial charge in [-0.3, -0.25) is 9.89 Å². The van der Waals surface area contributed by atoms with Crippen LogP contribution in [0.3, 0.4) is 0 Å². The lowest BCUT2D eigenvalue weighted by Crippen LogP contribution is -2.21. The fourth-order valence-electron chi connectivity index (χ4n) is 1.34. The van der Waals surface area contributed by atoms with Gasteiger partial charge in [0.05, 0.1) is 24.8 Å². The predicted octanol–water partition coefficient (Wildman–Crippen LogP) is 0.711.